The van der Waals surface area contributed by atoms with Gasteiger partial charge in [0.1, 0.15) is 5.75 Å². The molecule has 0 bridgehead atoms. The Morgan fingerprint density at radius 2 is 1.93 bits per heavy atom. The van der Waals surface area contributed by atoms with Crippen LogP contribution in [0.4, 0.5) is 0 Å². The maximum atomic E-state index is 12.5. The number of likely N-dealkylation sites (tertiary alicyclic amines) is 1. The first kappa shape index (κ1) is 19.3. The highest BCUT2D eigenvalue weighted by atomic mass is 16.5. The average Bonchev–Trinajstić information content (AvgIpc) is 3.11. The molecule has 1 saturated heterocycles. The number of esters is 1. The smallest absolute Gasteiger partial charge is 0.305 e. The number of nitrogens with zero attached hydrogens (tertiary/aromatic N) is 2. The lowest BCUT2D eigenvalue weighted by atomic mass is 9.93. The molecule has 0 radical (unpaired) electrons. The van der Waals surface area contributed by atoms with Crippen LogP contribution in [0.5, 0.6) is 5.75 Å². The molecule has 1 aromatic heterocycles. The fraction of sp³-hybridized carbons (Fsp3) is 0.524. The van der Waals surface area contributed by atoms with E-state index in [0.717, 1.165) is 29.5 Å². The first-order valence-corrected chi connectivity index (χ1v) is 9.56. The van der Waals surface area contributed by atoms with Gasteiger partial charge in [0.05, 0.1) is 12.6 Å². The van der Waals surface area contributed by atoms with Crippen LogP contribution in [0.25, 0.3) is 10.9 Å². The fourth-order valence-corrected chi connectivity index (χ4v) is 3.67. The van der Waals surface area contributed by atoms with Gasteiger partial charge in [-0.25, -0.2) is 0 Å². The van der Waals surface area contributed by atoms with Gasteiger partial charge in [0.2, 0.25) is 0 Å². The van der Waals surface area contributed by atoms with Crippen molar-refractivity contribution in [3.8, 4) is 5.75 Å². The Kier molecular flexibility index (Phi) is 6.04. The Labute approximate surface area is 160 Å². The number of ether oxygens (including phenoxy) is 2. The van der Waals surface area contributed by atoms with Gasteiger partial charge in [-0.2, -0.15) is 0 Å². The summed E-state index contributed by atoms with van der Waals surface area (Å²) in [4.78, 5) is 25.7. The average molecular weight is 372 g/mol. The van der Waals surface area contributed by atoms with E-state index in [9.17, 15) is 9.59 Å². The molecule has 1 amide bonds. The van der Waals surface area contributed by atoms with Crippen LogP contribution in [-0.2, 0) is 14.3 Å². The number of hydrogen-bond acceptors (Lipinski definition) is 4. The predicted octanol–water partition coefficient (Wildman–Crippen LogP) is 3.40. The molecule has 1 aliphatic rings. The van der Waals surface area contributed by atoms with Crippen LogP contribution < -0.4 is 4.74 Å². The molecule has 0 spiro atoms. The summed E-state index contributed by atoms with van der Waals surface area (Å²) in [6, 6.07) is 8.33. The molecule has 0 unspecified atom stereocenters. The molecule has 1 aromatic carbocycles. The summed E-state index contributed by atoms with van der Waals surface area (Å²) >= 11 is 0. The van der Waals surface area contributed by atoms with Gasteiger partial charge in [0, 0.05) is 37.1 Å². The number of amides is 1. The van der Waals surface area contributed by atoms with E-state index in [4.69, 9.17) is 9.47 Å². The van der Waals surface area contributed by atoms with E-state index in [1.54, 1.807) is 0 Å². The zero-order valence-electron chi connectivity index (χ0n) is 16.3. The van der Waals surface area contributed by atoms with Gasteiger partial charge >= 0.3 is 5.97 Å². The van der Waals surface area contributed by atoms with E-state index >= 15 is 0 Å². The Bertz CT molecular complexity index is 804. The number of hydrogen-bond donors (Lipinski definition) is 0. The van der Waals surface area contributed by atoms with Crippen molar-refractivity contribution in [2.45, 2.75) is 39.2 Å². The van der Waals surface area contributed by atoms with Crippen molar-refractivity contribution in [3.05, 3.63) is 30.5 Å². The van der Waals surface area contributed by atoms with Crippen LogP contribution in [0, 0.1) is 5.92 Å². The molecule has 6 nitrogen and oxygen atoms in total. The van der Waals surface area contributed by atoms with E-state index in [2.05, 4.69) is 30.7 Å². The topological polar surface area (TPSA) is 60.8 Å². The van der Waals surface area contributed by atoms with Crippen molar-refractivity contribution in [3.63, 3.8) is 0 Å². The number of aromatic nitrogens is 1. The zero-order valence-corrected chi connectivity index (χ0v) is 16.3. The molecule has 27 heavy (non-hydrogen) atoms. The Morgan fingerprint density at radius 3 is 2.59 bits per heavy atom. The van der Waals surface area contributed by atoms with Crippen molar-refractivity contribution < 1.29 is 19.1 Å². The van der Waals surface area contributed by atoms with Gasteiger partial charge in [-0.3, -0.25) is 9.59 Å². The molecule has 2 heterocycles. The van der Waals surface area contributed by atoms with Crippen molar-refractivity contribution in [2.24, 2.45) is 5.92 Å². The predicted molar refractivity (Wildman–Crippen MR) is 104 cm³/mol. The Morgan fingerprint density at radius 1 is 1.19 bits per heavy atom. The minimum absolute atomic E-state index is 0.00758. The summed E-state index contributed by atoms with van der Waals surface area (Å²) in [5.41, 5.74) is 1.11. The molecular weight excluding hydrogens is 344 g/mol. The van der Waals surface area contributed by atoms with Crippen LogP contribution in [0.2, 0.25) is 0 Å². The van der Waals surface area contributed by atoms with Gasteiger partial charge in [-0.15, -0.1) is 0 Å². The second-order valence-electron chi connectivity index (χ2n) is 7.40. The highest BCUT2D eigenvalue weighted by Gasteiger charge is 2.25. The van der Waals surface area contributed by atoms with Gasteiger partial charge in [-0.1, -0.05) is 6.07 Å². The minimum atomic E-state index is -0.176. The fourth-order valence-electron chi connectivity index (χ4n) is 3.67. The summed E-state index contributed by atoms with van der Waals surface area (Å²) in [5.74, 6) is 0.851. The van der Waals surface area contributed by atoms with Gasteiger partial charge in [-0.05, 0) is 50.8 Å². The van der Waals surface area contributed by atoms with Crippen molar-refractivity contribution >= 4 is 22.8 Å². The molecular formula is C21H28N2O4. The van der Waals surface area contributed by atoms with Crippen molar-refractivity contribution in [1.29, 1.82) is 0 Å². The summed E-state index contributed by atoms with van der Waals surface area (Å²) in [7, 11) is 1.41. The maximum absolute atomic E-state index is 12.5. The zero-order chi connectivity index (χ0) is 19.4. The molecule has 0 aliphatic carbocycles. The van der Waals surface area contributed by atoms with E-state index in [0.29, 0.717) is 31.5 Å². The van der Waals surface area contributed by atoms with E-state index in [-0.39, 0.29) is 18.5 Å². The van der Waals surface area contributed by atoms with Crippen LogP contribution in [0.15, 0.2) is 30.5 Å². The standard InChI is InChI=1S/C21H28N2O4/c1-15(2)23-12-9-17-18(23)5-4-6-19(17)27-14-20(24)22-10-7-16(8-11-22)13-21(25)26-3/h4-6,9,12,15-16H,7-8,10-11,13-14H2,1-3H3. The van der Waals surface area contributed by atoms with E-state index in [1.807, 2.05) is 23.1 Å². The van der Waals surface area contributed by atoms with Crippen LogP contribution in [0.3, 0.4) is 0 Å². The molecule has 2 aromatic rings. The third-order valence-corrected chi connectivity index (χ3v) is 5.28. The Hall–Kier alpha value is -2.50. The second-order valence-corrected chi connectivity index (χ2v) is 7.40. The summed E-state index contributed by atoms with van der Waals surface area (Å²) in [5, 5.41) is 1.02. The number of benzene rings is 1. The normalized spacial score (nSPS) is 15.3. The SMILES string of the molecule is COC(=O)CC1CCN(C(=O)COc2cccc3c2ccn3C(C)C)CC1. The number of fused-ring (bicyclic) bond motifs is 1. The number of piperidine rings is 1. The quantitative estimate of drug-likeness (QED) is 0.729. The first-order chi connectivity index (χ1) is 13.0. The molecule has 0 saturated carbocycles. The highest BCUT2D eigenvalue weighted by Crippen LogP contribution is 2.29. The number of methoxy groups -OCH3 is 1. The lowest BCUT2D eigenvalue weighted by Crippen LogP contribution is -2.41. The molecule has 3 rings (SSSR count). The minimum Gasteiger partial charge on any atom is -0.483 e. The molecule has 0 atom stereocenters. The van der Waals surface area contributed by atoms with Gasteiger partial charge < -0.3 is 18.9 Å². The summed E-state index contributed by atoms with van der Waals surface area (Å²) < 4.78 is 12.8. The molecule has 1 fully saturated rings. The van der Waals surface area contributed by atoms with Crippen molar-refractivity contribution in [1.82, 2.24) is 9.47 Å². The second kappa shape index (κ2) is 8.46. The third-order valence-electron chi connectivity index (χ3n) is 5.28. The highest BCUT2D eigenvalue weighted by molar-refractivity contribution is 5.87. The third kappa shape index (κ3) is 4.43. The molecule has 6 heteroatoms. The molecule has 0 N–H and O–H groups in total. The molecule has 146 valence electrons. The van der Waals surface area contributed by atoms with Crippen molar-refractivity contribution in [2.75, 3.05) is 26.8 Å². The maximum Gasteiger partial charge on any atom is 0.305 e. The number of rotatable bonds is 6. The van der Waals surface area contributed by atoms with Crippen LogP contribution >= 0.6 is 0 Å². The van der Waals surface area contributed by atoms with Crippen LogP contribution in [0.1, 0.15) is 39.2 Å². The lowest BCUT2D eigenvalue weighted by Gasteiger charge is -2.31. The summed E-state index contributed by atoms with van der Waals surface area (Å²) in [6.07, 6.45) is 4.14. The first-order valence-electron chi connectivity index (χ1n) is 9.56. The summed E-state index contributed by atoms with van der Waals surface area (Å²) in [6.45, 7) is 5.64. The molecule has 1 aliphatic heterocycles. The van der Waals surface area contributed by atoms with E-state index < -0.39 is 0 Å². The number of carbonyl (C=O) groups excluding carboxylic acids is 2. The lowest BCUT2D eigenvalue weighted by molar-refractivity contribution is -0.142. The van der Waals surface area contributed by atoms with Gasteiger partial charge in [0.25, 0.3) is 5.91 Å². The largest absolute Gasteiger partial charge is 0.483 e. The van der Waals surface area contributed by atoms with E-state index in [1.165, 1.54) is 7.11 Å². The van der Waals surface area contributed by atoms with Crippen LogP contribution in [-0.4, -0.2) is 48.1 Å². The van der Waals surface area contributed by atoms with Gasteiger partial charge in [0.15, 0.2) is 6.61 Å². The monoisotopic (exact) mass is 372 g/mol. The number of carbonyl (C=O) groups is 2. The Balaban J connectivity index is 1.56.